The molecule has 0 radical (unpaired) electrons. The Labute approximate surface area is 126 Å². The average molecular weight is 281 g/mol. The van der Waals surface area contributed by atoms with Gasteiger partial charge in [-0.1, -0.05) is 56.3 Å². The van der Waals surface area contributed by atoms with Crippen LogP contribution < -0.4 is 0 Å². The zero-order chi connectivity index (χ0) is 14.8. The zero-order valence-corrected chi connectivity index (χ0v) is 12.9. The van der Waals surface area contributed by atoms with Gasteiger partial charge in [0.15, 0.2) is 0 Å². The van der Waals surface area contributed by atoms with Gasteiger partial charge in [-0.25, -0.2) is 0 Å². The number of benzene rings is 2. The van der Waals surface area contributed by atoms with E-state index in [-0.39, 0.29) is 5.91 Å². The molecule has 2 aromatic carbocycles. The molecule has 1 heterocycles. The highest BCUT2D eigenvalue weighted by molar-refractivity contribution is 5.90. The number of likely N-dealkylation sites (tertiary alicyclic amines) is 1. The van der Waals surface area contributed by atoms with Crippen molar-refractivity contribution < 1.29 is 4.79 Å². The highest BCUT2D eigenvalue weighted by atomic mass is 16.2. The van der Waals surface area contributed by atoms with Crippen LogP contribution in [0.3, 0.4) is 0 Å². The van der Waals surface area contributed by atoms with Crippen LogP contribution in [0.4, 0.5) is 0 Å². The fourth-order valence-corrected chi connectivity index (χ4v) is 3.59. The monoisotopic (exact) mass is 281 g/mol. The fourth-order valence-electron chi connectivity index (χ4n) is 3.59. The number of carbonyl (C=O) groups is 1. The van der Waals surface area contributed by atoms with Crippen LogP contribution in [0.25, 0.3) is 10.8 Å². The highest BCUT2D eigenvalue weighted by Gasteiger charge is 2.25. The summed E-state index contributed by atoms with van der Waals surface area (Å²) in [5.41, 5.74) is 1.14. The van der Waals surface area contributed by atoms with Crippen LogP contribution in [0.15, 0.2) is 42.5 Å². The second-order valence-electron chi connectivity index (χ2n) is 6.56. The SMILES string of the molecule is C[C@@H]1C[C@H](C)CN(C(=O)Cc2cccc3ccccc23)C1. The van der Waals surface area contributed by atoms with Gasteiger partial charge in [-0.3, -0.25) is 4.79 Å². The van der Waals surface area contributed by atoms with Crippen molar-refractivity contribution in [1.29, 1.82) is 0 Å². The zero-order valence-electron chi connectivity index (χ0n) is 12.9. The molecule has 1 fully saturated rings. The Morgan fingerprint density at radius 1 is 1.05 bits per heavy atom. The van der Waals surface area contributed by atoms with Crippen LogP contribution in [0.2, 0.25) is 0 Å². The van der Waals surface area contributed by atoms with Crippen molar-refractivity contribution in [3.63, 3.8) is 0 Å². The molecule has 0 spiro atoms. The van der Waals surface area contributed by atoms with Gasteiger partial charge in [-0.05, 0) is 34.6 Å². The van der Waals surface area contributed by atoms with Crippen LogP contribution >= 0.6 is 0 Å². The third kappa shape index (κ3) is 3.10. The maximum absolute atomic E-state index is 12.6. The summed E-state index contributed by atoms with van der Waals surface area (Å²) >= 11 is 0. The van der Waals surface area contributed by atoms with Gasteiger partial charge in [0, 0.05) is 13.1 Å². The molecule has 1 aliphatic heterocycles. The normalized spacial score (nSPS) is 22.5. The second-order valence-corrected chi connectivity index (χ2v) is 6.56. The molecule has 2 atom stereocenters. The van der Waals surface area contributed by atoms with Crippen molar-refractivity contribution in [2.24, 2.45) is 11.8 Å². The predicted molar refractivity (Wildman–Crippen MR) is 87.2 cm³/mol. The first-order valence-corrected chi connectivity index (χ1v) is 7.88. The van der Waals surface area contributed by atoms with E-state index in [1.54, 1.807) is 0 Å². The smallest absolute Gasteiger partial charge is 0.227 e. The quantitative estimate of drug-likeness (QED) is 0.818. The van der Waals surface area contributed by atoms with E-state index in [4.69, 9.17) is 0 Å². The van der Waals surface area contributed by atoms with Crippen molar-refractivity contribution in [2.75, 3.05) is 13.1 Å². The Balaban J connectivity index is 1.80. The van der Waals surface area contributed by atoms with Gasteiger partial charge in [-0.2, -0.15) is 0 Å². The topological polar surface area (TPSA) is 20.3 Å². The molecular weight excluding hydrogens is 258 g/mol. The molecule has 110 valence electrons. The molecule has 0 aliphatic carbocycles. The van der Waals surface area contributed by atoms with E-state index in [0.717, 1.165) is 18.7 Å². The van der Waals surface area contributed by atoms with Crippen LogP contribution in [-0.4, -0.2) is 23.9 Å². The largest absolute Gasteiger partial charge is 0.342 e. The first-order chi connectivity index (χ1) is 10.1. The summed E-state index contributed by atoms with van der Waals surface area (Å²) in [6.45, 7) is 6.31. The molecule has 2 nitrogen and oxygen atoms in total. The summed E-state index contributed by atoms with van der Waals surface area (Å²) < 4.78 is 0. The molecule has 0 unspecified atom stereocenters. The predicted octanol–water partition coefficient (Wildman–Crippen LogP) is 3.89. The maximum Gasteiger partial charge on any atom is 0.227 e. The fraction of sp³-hybridized carbons (Fsp3) is 0.421. The minimum Gasteiger partial charge on any atom is -0.342 e. The number of amides is 1. The molecular formula is C19H23NO. The van der Waals surface area contributed by atoms with E-state index in [1.165, 1.54) is 17.2 Å². The Morgan fingerprint density at radius 2 is 1.71 bits per heavy atom. The average Bonchev–Trinajstić information content (AvgIpc) is 2.46. The van der Waals surface area contributed by atoms with Gasteiger partial charge in [-0.15, -0.1) is 0 Å². The third-order valence-electron chi connectivity index (χ3n) is 4.44. The third-order valence-corrected chi connectivity index (χ3v) is 4.44. The van der Waals surface area contributed by atoms with Gasteiger partial charge in [0.25, 0.3) is 0 Å². The lowest BCUT2D eigenvalue weighted by molar-refractivity contribution is -0.133. The summed E-state index contributed by atoms with van der Waals surface area (Å²) in [6.07, 6.45) is 1.75. The molecule has 1 aliphatic rings. The lowest BCUT2D eigenvalue weighted by atomic mass is 9.91. The van der Waals surface area contributed by atoms with Gasteiger partial charge < -0.3 is 4.90 Å². The van der Waals surface area contributed by atoms with Crippen LogP contribution in [0.1, 0.15) is 25.8 Å². The first-order valence-electron chi connectivity index (χ1n) is 7.88. The highest BCUT2D eigenvalue weighted by Crippen LogP contribution is 2.23. The van der Waals surface area contributed by atoms with E-state index in [9.17, 15) is 4.79 Å². The van der Waals surface area contributed by atoms with Gasteiger partial charge in [0.2, 0.25) is 5.91 Å². The van der Waals surface area contributed by atoms with Gasteiger partial charge >= 0.3 is 0 Å². The number of nitrogens with zero attached hydrogens (tertiary/aromatic N) is 1. The van der Waals surface area contributed by atoms with Crippen LogP contribution in [-0.2, 0) is 11.2 Å². The number of hydrogen-bond donors (Lipinski definition) is 0. The summed E-state index contributed by atoms with van der Waals surface area (Å²) in [4.78, 5) is 14.7. The van der Waals surface area contributed by atoms with E-state index >= 15 is 0 Å². The molecule has 2 aromatic rings. The molecule has 0 N–H and O–H groups in total. The lowest BCUT2D eigenvalue weighted by Crippen LogP contribution is -2.43. The minimum absolute atomic E-state index is 0.268. The number of carbonyl (C=O) groups excluding carboxylic acids is 1. The van der Waals surface area contributed by atoms with Crippen molar-refractivity contribution >= 4 is 16.7 Å². The van der Waals surface area contributed by atoms with Crippen molar-refractivity contribution in [2.45, 2.75) is 26.7 Å². The van der Waals surface area contributed by atoms with E-state index in [1.807, 2.05) is 18.2 Å². The van der Waals surface area contributed by atoms with Crippen LogP contribution in [0, 0.1) is 11.8 Å². The summed E-state index contributed by atoms with van der Waals surface area (Å²) in [7, 11) is 0. The van der Waals surface area contributed by atoms with E-state index in [0.29, 0.717) is 18.3 Å². The standard InChI is InChI=1S/C19H23NO/c1-14-10-15(2)13-20(12-14)19(21)11-17-8-5-7-16-6-3-4-9-18(16)17/h3-9,14-15H,10-13H2,1-2H3/t14-,15+. The summed E-state index contributed by atoms with van der Waals surface area (Å²) in [5.74, 6) is 1.50. The van der Waals surface area contributed by atoms with E-state index in [2.05, 4.69) is 43.0 Å². The van der Waals surface area contributed by atoms with E-state index < -0.39 is 0 Å². The maximum atomic E-state index is 12.6. The van der Waals surface area contributed by atoms with Gasteiger partial charge in [0.05, 0.1) is 6.42 Å². The Morgan fingerprint density at radius 3 is 2.48 bits per heavy atom. The molecule has 0 saturated carbocycles. The second kappa shape index (κ2) is 5.88. The lowest BCUT2D eigenvalue weighted by Gasteiger charge is -2.35. The Hall–Kier alpha value is -1.83. The molecule has 1 amide bonds. The summed E-state index contributed by atoms with van der Waals surface area (Å²) in [5, 5.41) is 2.41. The molecule has 3 rings (SSSR count). The number of rotatable bonds is 2. The Kier molecular flexibility index (Phi) is 3.96. The first kappa shape index (κ1) is 14.1. The minimum atomic E-state index is 0.268. The molecule has 0 aromatic heterocycles. The number of fused-ring (bicyclic) bond motifs is 1. The summed E-state index contributed by atoms with van der Waals surface area (Å²) in [6, 6.07) is 14.5. The van der Waals surface area contributed by atoms with Crippen molar-refractivity contribution in [1.82, 2.24) is 4.90 Å². The molecule has 1 saturated heterocycles. The van der Waals surface area contributed by atoms with Crippen molar-refractivity contribution in [3.8, 4) is 0 Å². The molecule has 21 heavy (non-hydrogen) atoms. The molecule has 0 bridgehead atoms. The Bertz CT molecular complexity index is 634. The molecule has 2 heteroatoms. The van der Waals surface area contributed by atoms with Crippen LogP contribution in [0.5, 0.6) is 0 Å². The number of piperidine rings is 1. The van der Waals surface area contributed by atoms with Crippen molar-refractivity contribution in [3.05, 3.63) is 48.0 Å². The number of hydrogen-bond acceptors (Lipinski definition) is 1. The van der Waals surface area contributed by atoms with Gasteiger partial charge in [0.1, 0.15) is 0 Å².